The summed E-state index contributed by atoms with van der Waals surface area (Å²) in [7, 11) is 0. The number of hydrogen-bond donors (Lipinski definition) is 1. The van der Waals surface area contributed by atoms with E-state index in [1.165, 1.54) is 0 Å². The molecule has 1 heterocycles. The standard InChI is InChI=1S/C15H16BrClN2O4S/c1-8-6-10(13(16)9(2)14(8)17)22-5-3-4-11-18-19-15(23-11)24-7-12(20)21/h6H,3-5,7H2,1-2H3,(H,20,21). The molecule has 0 spiro atoms. The summed E-state index contributed by atoms with van der Waals surface area (Å²) < 4.78 is 12.0. The lowest BCUT2D eigenvalue weighted by atomic mass is 10.1. The predicted octanol–water partition coefficient (Wildman–Crippen LogP) is 4.29. The first kappa shape index (κ1) is 19.1. The van der Waals surface area contributed by atoms with E-state index in [0.29, 0.717) is 25.3 Å². The third kappa shape index (κ3) is 5.12. The molecular formula is C15H16BrClN2O4S. The summed E-state index contributed by atoms with van der Waals surface area (Å²) >= 11 is 10.7. The summed E-state index contributed by atoms with van der Waals surface area (Å²) in [4.78, 5) is 10.5. The van der Waals surface area contributed by atoms with Gasteiger partial charge in [0.25, 0.3) is 5.22 Å². The summed E-state index contributed by atoms with van der Waals surface area (Å²) in [5.74, 6) is 0.188. The van der Waals surface area contributed by atoms with E-state index in [1.54, 1.807) is 0 Å². The number of ether oxygens (including phenoxy) is 1. The number of carboxylic acid groups (broad SMARTS) is 1. The molecule has 0 unspecified atom stereocenters. The highest BCUT2D eigenvalue weighted by Gasteiger charge is 2.12. The molecule has 2 rings (SSSR count). The van der Waals surface area contributed by atoms with Crippen molar-refractivity contribution in [1.29, 1.82) is 0 Å². The Kier molecular flexibility index (Phi) is 6.94. The highest BCUT2D eigenvalue weighted by molar-refractivity contribution is 9.10. The van der Waals surface area contributed by atoms with Crippen molar-refractivity contribution in [2.45, 2.75) is 31.9 Å². The van der Waals surface area contributed by atoms with Gasteiger partial charge in [0.2, 0.25) is 5.89 Å². The van der Waals surface area contributed by atoms with Gasteiger partial charge < -0.3 is 14.3 Å². The highest BCUT2D eigenvalue weighted by atomic mass is 79.9. The van der Waals surface area contributed by atoms with Crippen LogP contribution in [0.2, 0.25) is 5.02 Å². The van der Waals surface area contributed by atoms with Gasteiger partial charge >= 0.3 is 5.97 Å². The van der Waals surface area contributed by atoms with Crippen molar-refractivity contribution in [3.63, 3.8) is 0 Å². The number of carboxylic acids is 1. The van der Waals surface area contributed by atoms with Crippen molar-refractivity contribution in [2.75, 3.05) is 12.4 Å². The Morgan fingerprint density at radius 1 is 1.46 bits per heavy atom. The largest absolute Gasteiger partial charge is 0.492 e. The van der Waals surface area contributed by atoms with Gasteiger partial charge in [0.05, 0.1) is 11.1 Å². The summed E-state index contributed by atoms with van der Waals surface area (Å²) in [6.45, 7) is 4.35. The number of aromatic nitrogens is 2. The lowest BCUT2D eigenvalue weighted by Crippen LogP contribution is -2.01. The molecule has 1 aromatic heterocycles. The van der Waals surface area contributed by atoms with Gasteiger partial charge in [0.15, 0.2) is 0 Å². The lowest BCUT2D eigenvalue weighted by Gasteiger charge is -2.12. The second kappa shape index (κ2) is 8.73. The number of nitrogens with zero attached hydrogens (tertiary/aromatic N) is 2. The summed E-state index contributed by atoms with van der Waals surface area (Å²) in [6, 6.07) is 1.90. The van der Waals surface area contributed by atoms with Crippen LogP contribution in [0, 0.1) is 13.8 Å². The van der Waals surface area contributed by atoms with E-state index in [0.717, 1.165) is 38.1 Å². The Bertz CT molecular complexity index is 739. The number of halogens is 2. The molecule has 0 bridgehead atoms. The van der Waals surface area contributed by atoms with Gasteiger partial charge in [-0.3, -0.25) is 4.79 Å². The number of hydrogen-bond acceptors (Lipinski definition) is 6. The smallest absolute Gasteiger partial charge is 0.314 e. The topological polar surface area (TPSA) is 85.5 Å². The monoisotopic (exact) mass is 434 g/mol. The second-order valence-electron chi connectivity index (χ2n) is 5.04. The van der Waals surface area contributed by atoms with Gasteiger partial charge in [0.1, 0.15) is 11.5 Å². The van der Waals surface area contributed by atoms with Gasteiger partial charge in [0, 0.05) is 11.4 Å². The molecule has 0 radical (unpaired) electrons. The fraction of sp³-hybridized carbons (Fsp3) is 0.400. The fourth-order valence-corrected chi connectivity index (χ4v) is 3.12. The minimum Gasteiger partial charge on any atom is -0.492 e. The van der Waals surface area contributed by atoms with Crippen LogP contribution in [0.5, 0.6) is 5.75 Å². The number of thioether (sulfide) groups is 1. The Hall–Kier alpha value is -1.25. The normalized spacial score (nSPS) is 10.8. The van der Waals surface area contributed by atoms with Gasteiger partial charge in [-0.1, -0.05) is 23.4 Å². The van der Waals surface area contributed by atoms with Crippen LogP contribution in [-0.2, 0) is 11.2 Å². The summed E-state index contributed by atoms with van der Waals surface area (Å²) in [6.07, 6.45) is 1.25. The van der Waals surface area contributed by atoms with Crippen LogP contribution in [0.3, 0.4) is 0 Å². The first-order valence-electron chi connectivity index (χ1n) is 7.13. The van der Waals surface area contributed by atoms with Crippen LogP contribution in [-0.4, -0.2) is 33.6 Å². The van der Waals surface area contributed by atoms with Crippen molar-refractivity contribution in [3.8, 4) is 5.75 Å². The van der Waals surface area contributed by atoms with Crippen LogP contribution in [0.1, 0.15) is 23.4 Å². The molecule has 0 aliphatic heterocycles. The van der Waals surface area contributed by atoms with Crippen LogP contribution >= 0.6 is 39.3 Å². The molecule has 0 saturated heterocycles. The molecule has 0 fully saturated rings. The maximum Gasteiger partial charge on any atom is 0.314 e. The maximum absolute atomic E-state index is 10.5. The van der Waals surface area contributed by atoms with E-state index in [4.69, 9.17) is 25.9 Å². The number of rotatable bonds is 8. The Morgan fingerprint density at radius 3 is 2.92 bits per heavy atom. The minimum atomic E-state index is -0.924. The average Bonchev–Trinajstić information content (AvgIpc) is 3.00. The molecule has 1 N–H and O–H groups in total. The lowest BCUT2D eigenvalue weighted by molar-refractivity contribution is -0.133. The van der Waals surface area contributed by atoms with Gasteiger partial charge in [-0.25, -0.2) is 0 Å². The number of carbonyl (C=O) groups is 1. The first-order valence-corrected chi connectivity index (χ1v) is 9.29. The van der Waals surface area contributed by atoms with Gasteiger partial charge in [-0.2, -0.15) is 0 Å². The molecule has 1 aromatic carbocycles. The molecule has 6 nitrogen and oxygen atoms in total. The Labute approximate surface area is 157 Å². The molecule has 0 aliphatic carbocycles. The van der Waals surface area contributed by atoms with Crippen molar-refractivity contribution < 1.29 is 19.1 Å². The third-order valence-electron chi connectivity index (χ3n) is 3.13. The molecule has 0 atom stereocenters. The molecule has 24 heavy (non-hydrogen) atoms. The number of benzene rings is 1. The number of aliphatic carboxylic acids is 1. The van der Waals surface area contributed by atoms with Crippen LogP contribution in [0.4, 0.5) is 0 Å². The third-order valence-corrected chi connectivity index (χ3v) is 5.50. The van der Waals surface area contributed by atoms with Crippen LogP contribution < -0.4 is 4.74 Å². The van der Waals surface area contributed by atoms with E-state index >= 15 is 0 Å². The van der Waals surface area contributed by atoms with E-state index in [2.05, 4.69) is 26.1 Å². The maximum atomic E-state index is 10.5. The predicted molar refractivity (Wildman–Crippen MR) is 95.1 cm³/mol. The summed E-state index contributed by atoms with van der Waals surface area (Å²) in [5.41, 5.74) is 1.91. The zero-order valence-corrected chi connectivity index (χ0v) is 16.3. The summed E-state index contributed by atoms with van der Waals surface area (Å²) in [5, 5.41) is 17.3. The van der Waals surface area contributed by atoms with Crippen molar-refractivity contribution in [2.24, 2.45) is 0 Å². The average molecular weight is 436 g/mol. The molecule has 9 heteroatoms. The van der Waals surface area contributed by atoms with Gasteiger partial charge in [-0.15, -0.1) is 10.2 Å². The molecule has 2 aromatic rings. The fourth-order valence-electron chi connectivity index (χ4n) is 1.93. The second-order valence-corrected chi connectivity index (χ2v) is 7.14. The quantitative estimate of drug-likeness (QED) is 0.489. The zero-order valence-electron chi connectivity index (χ0n) is 13.1. The van der Waals surface area contributed by atoms with Crippen molar-refractivity contribution in [3.05, 3.63) is 32.6 Å². The Balaban J connectivity index is 1.82. The molecule has 0 saturated carbocycles. The SMILES string of the molecule is Cc1cc(OCCCc2nnc(SCC(=O)O)o2)c(Br)c(C)c1Cl. The molecular weight excluding hydrogens is 420 g/mol. The van der Waals surface area contributed by atoms with Crippen molar-refractivity contribution >= 4 is 45.3 Å². The van der Waals surface area contributed by atoms with E-state index < -0.39 is 5.97 Å². The Morgan fingerprint density at radius 2 is 2.21 bits per heavy atom. The van der Waals surface area contributed by atoms with Gasteiger partial charge in [-0.05, 0) is 53.4 Å². The molecule has 0 aliphatic rings. The number of aryl methyl sites for hydroxylation is 2. The van der Waals surface area contributed by atoms with E-state index in [1.807, 2.05) is 19.9 Å². The van der Waals surface area contributed by atoms with Crippen LogP contribution in [0.15, 0.2) is 20.2 Å². The highest BCUT2D eigenvalue weighted by Crippen LogP contribution is 2.35. The minimum absolute atomic E-state index is 0.103. The van der Waals surface area contributed by atoms with Crippen LogP contribution in [0.25, 0.3) is 0 Å². The molecule has 0 amide bonds. The van der Waals surface area contributed by atoms with E-state index in [-0.39, 0.29) is 11.0 Å². The van der Waals surface area contributed by atoms with Crippen molar-refractivity contribution in [1.82, 2.24) is 10.2 Å². The first-order chi connectivity index (χ1) is 11.4. The van der Waals surface area contributed by atoms with E-state index in [9.17, 15) is 4.79 Å². The molecule has 130 valence electrons. The zero-order chi connectivity index (χ0) is 17.7.